The summed E-state index contributed by atoms with van der Waals surface area (Å²) in [4.78, 5) is 0. The molecule has 0 aliphatic carbocycles. The molecule has 0 unspecified atom stereocenters. The van der Waals surface area contributed by atoms with Gasteiger partial charge in [-0.25, -0.2) is 0 Å². The van der Waals surface area contributed by atoms with E-state index >= 15 is 0 Å². The Bertz CT molecular complexity index is 1050. The second-order valence-corrected chi connectivity index (χ2v) is 19.1. The first-order valence-corrected chi connectivity index (χ1v) is 19.0. The van der Waals surface area contributed by atoms with Crippen molar-refractivity contribution >= 4 is 66.6 Å². The van der Waals surface area contributed by atoms with E-state index in [1.165, 1.54) is 26.8 Å². The third-order valence-corrected chi connectivity index (χ3v) is 10.1. The molecule has 33 heavy (non-hydrogen) atoms. The Morgan fingerprint density at radius 3 is 1.39 bits per heavy atom. The number of benzene rings is 2. The van der Waals surface area contributed by atoms with Crippen LogP contribution in [0, 0.1) is 0 Å². The van der Waals surface area contributed by atoms with Crippen LogP contribution in [0.1, 0.15) is 41.5 Å². The summed E-state index contributed by atoms with van der Waals surface area (Å²) in [6.45, 7) is 18.9. The first-order valence-electron chi connectivity index (χ1n) is 11.1. The quantitative estimate of drug-likeness (QED) is 0.132. The average molecular weight is 553 g/mol. The van der Waals surface area contributed by atoms with Crippen LogP contribution < -0.4 is 10.6 Å². The number of hydrogen-bond donors (Lipinski definition) is 0. The summed E-state index contributed by atoms with van der Waals surface area (Å²) < 4.78 is 0. The number of fused-ring (bicyclic) bond motifs is 2. The van der Waals surface area contributed by atoms with Crippen molar-refractivity contribution in [3.05, 3.63) is 72.8 Å². The summed E-state index contributed by atoms with van der Waals surface area (Å²) in [5.41, 5.74) is 0. The second-order valence-electron chi connectivity index (χ2n) is 10.3. The van der Waals surface area contributed by atoms with Crippen molar-refractivity contribution in [2.24, 2.45) is 0 Å². The Balaban J connectivity index is 0.000000221. The normalized spacial score (nSPS) is 11.9. The van der Waals surface area contributed by atoms with Gasteiger partial charge in [0.25, 0.3) is 0 Å². The molecule has 0 atom stereocenters. The third-order valence-electron chi connectivity index (χ3n) is 5.32. The molecule has 0 amide bonds. The number of rotatable bonds is 2. The van der Waals surface area contributed by atoms with Gasteiger partial charge < -0.3 is 0 Å². The molecule has 0 heterocycles. The van der Waals surface area contributed by atoms with E-state index in [0.29, 0.717) is 10.3 Å². The zero-order chi connectivity index (χ0) is 24.8. The first-order chi connectivity index (χ1) is 15.4. The minimum atomic E-state index is -0.556. The molecule has 0 nitrogen and oxygen atoms in total. The zero-order valence-electron chi connectivity index (χ0n) is 21.1. The standard InChI is InChI=1S/C17H24P.C11H12P.2ClH.Ti/c1-16(2,3)18(17(4,5)6)15-11-13-9-7-8-10-14(13)12-15;1-12(2)11-7-9-5-3-4-6-10(9)8-11;;;/h7-12H,1-6H3;3-8H,1-2H3;2*1H;/q2*-1;;;+2/p-2. The molecule has 0 radical (unpaired) electrons. The van der Waals surface area contributed by atoms with Crippen LogP contribution >= 0.6 is 34.5 Å². The van der Waals surface area contributed by atoms with E-state index in [9.17, 15) is 0 Å². The predicted octanol–water partition coefficient (Wildman–Crippen LogP) is 9.56. The fourth-order valence-corrected chi connectivity index (χ4v) is 9.33. The molecular weight excluding hydrogens is 517 g/mol. The van der Waals surface area contributed by atoms with Gasteiger partial charge in [0.2, 0.25) is 0 Å². The van der Waals surface area contributed by atoms with E-state index < -0.39 is 17.0 Å². The number of halogens is 2. The molecule has 0 aliphatic heterocycles. The molecule has 4 aromatic rings. The van der Waals surface area contributed by atoms with Gasteiger partial charge in [0, 0.05) is 0 Å². The molecule has 0 N–H and O–H groups in total. The van der Waals surface area contributed by atoms with Gasteiger partial charge in [0.1, 0.15) is 0 Å². The summed E-state index contributed by atoms with van der Waals surface area (Å²) in [6.07, 6.45) is 0. The molecule has 0 saturated carbocycles. The fourth-order valence-electron chi connectivity index (χ4n) is 4.44. The topological polar surface area (TPSA) is 0 Å². The van der Waals surface area contributed by atoms with Gasteiger partial charge in [-0.15, -0.1) is 88.6 Å². The van der Waals surface area contributed by atoms with Crippen LogP contribution in [0.3, 0.4) is 0 Å². The summed E-state index contributed by atoms with van der Waals surface area (Å²) in [5.74, 6) is 0. The van der Waals surface area contributed by atoms with Gasteiger partial charge >= 0.3 is 35.6 Å². The Labute approximate surface area is 220 Å². The molecule has 4 rings (SSSR count). The van der Waals surface area contributed by atoms with Crippen LogP contribution in [0.2, 0.25) is 0 Å². The summed E-state index contributed by atoms with van der Waals surface area (Å²) in [7, 11) is 9.65. The van der Waals surface area contributed by atoms with Crippen LogP contribution in [-0.2, 0) is 17.0 Å². The summed E-state index contributed by atoms with van der Waals surface area (Å²) >= 11 is -0.556. The van der Waals surface area contributed by atoms with Crippen LogP contribution in [-0.4, -0.2) is 23.6 Å². The molecule has 0 saturated heterocycles. The van der Waals surface area contributed by atoms with Gasteiger partial charge in [-0.1, -0.05) is 61.6 Å². The van der Waals surface area contributed by atoms with Crippen LogP contribution in [0.25, 0.3) is 21.5 Å². The third kappa shape index (κ3) is 8.46. The second kappa shape index (κ2) is 12.7. The molecule has 5 heteroatoms. The monoisotopic (exact) mass is 552 g/mol. The van der Waals surface area contributed by atoms with Gasteiger partial charge in [-0.2, -0.15) is 12.1 Å². The van der Waals surface area contributed by atoms with E-state index in [-0.39, 0.29) is 15.8 Å². The van der Waals surface area contributed by atoms with Gasteiger partial charge in [-0.3, -0.25) is 0 Å². The van der Waals surface area contributed by atoms with Crippen molar-refractivity contribution in [3.8, 4) is 0 Å². The Morgan fingerprint density at radius 2 is 1.03 bits per heavy atom. The first kappa shape index (κ1) is 29.0. The van der Waals surface area contributed by atoms with Crippen molar-refractivity contribution in [2.75, 3.05) is 13.3 Å². The fraction of sp³-hybridized carbons (Fsp3) is 0.357. The maximum absolute atomic E-state index is 4.89. The molecule has 178 valence electrons. The van der Waals surface area contributed by atoms with Crippen LogP contribution in [0.4, 0.5) is 0 Å². The maximum atomic E-state index is 4.89. The molecule has 0 fully saturated rings. The predicted molar refractivity (Wildman–Crippen MR) is 155 cm³/mol. The Hall–Kier alpha value is -0.186. The van der Waals surface area contributed by atoms with E-state index in [1.54, 1.807) is 5.30 Å². The number of hydrogen-bond acceptors (Lipinski definition) is 0. The minimum absolute atomic E-state index is 0.0576. The molecule has 0 aliphatic rings. The Morgan fingerprint density at radius 1 is 0.667 bits per heavy atom. The molecular formula is C28H36Cl2P2Ti-2. The van der Waals surface area contributed by atoms with Crippen LogP contribution in [0.5, 0.6) is 0 Å². The van der Waals surface area contributed by atoms with Crippen molar-refractivity contribution in [1.29, 1.82) is 0 Å². The molecule has 0 spiro atoms. The van der Waals surface area contributed by atoms with E-state index in [4.69, 9.17) is 18.6 Å². The van der Waals surface area contributed by atoms with Crippen molar-refractivity contribution < 1.29 is 17.0 Å². The molecule has 4 aromatic carbocycles. The van der Waals surface area contributed by atoms with Crippen molar-refractivity contribution in [2.45, 2.75) is 51.9 Å². The SMILES string of the molecule is CC(C)(C)P(c1cc2ccccc2[cH-]1)C(C)(C)C.CP(C)c1cc2ccccc2[cH-]1.[Cl][Ti][Cl]. The van der Waals surface area contributed by atoms with Gasteiger partial charge in [0.15, 0.2) is 0 Å². The Kier molecular flexibility index (Phi) is 11.2. The van der Waals surface area contributed by atoms with E-state index in [2.05, 4.69) is 128 Å². The van der Waals surface area contributed by atoms with Crippen molar-refractivity contribution in [1.82, 2.24) is 0 Å². The van der Waals surface area contributed by atoms with Gasteiger partial charge in [0.05, 0.1) is 0 Å². The van der Waals surface area contributed by atoms with Crippen molar-refractivity contribution in [3.63, 3.8) is 0 Å². The van der Waals surface area contributed by atoms with E-state index in [0.717, 1.165) is 0 Å². The average Bonchev–Trinajstić information content (AvgIpc) is 3.30. The summed E-state index contributed by atoms with van der Waals surface area (Å²) in [6, 6.07) is 26.7. The summed E-state index contributed by atoms with van der Waals surface area (Å²) in [5, 5.41) is 9.27. The molecule has 0 aromatic heterocycles. The van der Waals surface area contributed by atoms with Gasteiger partial charge in [-0.05, 0) is 23.6 Å². The van der Waals surface area contributed by atoms with E-state index in [1.807, 2.05) is 0 Å². The zero-order valence-corrected chi connectivity index (χ0v) is 25.9. The van der Waals surface area contributed by atoms with Crippen LogP contribution in [0.15, 0.2) is 72.8 Å². The molecule has 0 bridgehead atoms.